The normalized spacial score (nSPS) is 10.5. The van der Waals surface area contributed by atoms with Crippen LogP contribution in [-0.2, 0) is 4.79 Å². The first-order chi connectivity index (χ1) is 16.0. The monoisotopic (exact) mass is 444 g/mol. The number of ether oxygens (including phenoxy) is 2. The number of carbonyl (C=O) groups excluding carboxylic acids is 1. The zero-order valence-electron chi connectivity index (χ0n) is 18.6. The highest BCUT2D eigenvalue weighted by molar-refractivity contribution is 5.92. The standard InChI is InChI=1S/C24H24N6O3/c1-16-14-17(2)30(29-16)23-13-12-22(27-28-23)25-18-4-6-19(7-5-18)26-24(31)15-33-21-10-8-20(32-3)9-11-21/h4-14H,15H2,1-3H3,(H,25,27)(H,26,31). The number of nitrogens with one attached hydrogen (secondary N) is 2. The summed E-state index contributed by atoms with van der Waals surface area (Å²) in [7, 11) is 1.59. The molecule has 0 atom stereocenters. The Bertz CT molecular complexity index is 1220. The second kappa shape index (κ2) is 9.82. The molecule has 0 saturated carbocycles. The van der Waals surface area contributed by atoms with Crippen LogP contribution in [-0.4, -0.2) is 39.6 Å². The van der Waals surface area contributed by atoms with E-state index in [9.17, 15) is 4.79 Å². The molecule has 2 N–H and O–H groups in total. The molecule has 168 valence electrons. The van der Waals surface area contributed by atoms with Gasteiger partial charge in [0.15, 0.2) is 18.2 Å². The summed E-state index contributed by atoms with van der Waals surface area (Å²) < 4.78 is 12.3. The SMILES string of the molecule is COc1ccc(OCC(=O)Nc2ccc(Nc3ccc(-n4nc(C)cc4C)nn3)cc2)cc1. The lowest BCUT2D eigenvalue weighted by molar-refractivity contribution is -0.118. The minimum absolute atomic E-state index is 0.0937. The van der Waals surface area contributed by atoms with E-state index in [1.165, 1.54) is 0 Å². The molecule has 4 rings (SSSR count). The summed E-state index contributed by atoms with van der Waals surface area (Å²) in [6.07, 6.45) is 0. The molecule has 0 saturated heterocycles. The number of aryl methyl sites for hydroxylation is 2. The van der Waals surface area contributed by atoms with Crippen LogP contribution in [0.5, 0.6) is 11.5 Å². The molecule has 1 amide bonds. The van der Waals surface area contributed by atoms with Crippen LogP contribution in [0.3, 0.4) is 0 Å². The average Bonchev–Trinajstić information content (AvgIpc) is 3.17. The van der Waals surface area contributed by atoms with Gasteiger partial charge in [0.1, 0.15) is 11.5 Å². The third-order valence-electron chi connectivity index (χ3n) is 4.75. The molecule has 33 heavy (non-hydrogen) atoms. The fraction of sp³-hybridized carbons (Fsp3) is 0.167. The predicted molar refractivity (Wildman–Crippen MR) is 125 cm³/mol. The van der Waals surface area contributed by atoms with Crippen molar-refractivity contribution in [2.75, 3.05) is 24.4 Å². The fourth-order valence-corrected chi connectivity index (χ4v) is 3.17. The Hall–Kier alpha value is -4.40. The van der Waals surface area contributed by atoms with Crippen LogP contribution in [0.15, 0.2) is 66.7 Å². The highest BCUT2D eigenvalue weighted by Crippen LogP contribution is 2.19. The van der Waals surface area contributed by atoms with E-state index >= 15 is 0 Å². The quantitative estimate of drug-likeness (QED) is 0.423. The Morgan fingerprint density at radius 2 is 1.61 bits per heavy atom. The largest absolute Gasteiger partial charge is 0.497 e. The van der Waals surface area contributed by atoms with Gasteiger partial charge >= 0.3 is 0 Å². The van der Waals surface area contributed by atoms with Gasteiger partial charge < -0.3 is 20.1 Å². The molecule has 2 heterocycles. The van der Waals surface area contributed by atoms with Crippen LogP contribution in [0.4, 0.5) is 17.2 Å². The van der Waals surface area contributed by atoms with Crippen LogP contribution in [0.1, 0.15) is 11.4 Å². The number of methoxy groups -OCH3 is 1. The third-order valence-corrected chi connectivity index (χ3v) is 4.75. The number of benzene rings is 2. The van der Waals surface area contributed by atoms with Gasteiger partial charge in [-0.25, -0.2) is 4.68 Å². The van der Waals surface area contributed by atoms with E-state index in [0.29, 0.717) is 23.1 Å². The summed E-state index contributed by atoms with van der Waals surface area (Å²) in [4.78, 5) is 12.2. The number of rotatable bonds is 8. The van der Waals surface area contributed by atoms with Gasteiger partial charge in [0.05, 0.1) is 12.8 Å². The summed E-state index contributed by atoms with van der Waals surface area (Å²) in [5.41, 5.74) is 3.40. The summed E-state index contributed by atoms with van der Waals surface area (Å²) in [5, 5.41) is 18.9. The molecular weight excluding hydrogens is 420 g/mol. The molecule has 2 aromatic heterocycles. The number of nitrogens with zero attached hydrogens (tertiary/aromatic N) is 4. The molecule has 0 spiro atoms. The molecular formula is C24H24N6O3. The molecule has 0 aliphatic heterocycles. The van der Waals surface area contributed by atoms with Crippen LogP contribution in [0.2, 0.25) is 0 Å². The Labute approximate surface area is 191 Å². The topological polar surface area (TPSA) is 103 Å². The lowest BCUT2D eigenvalue weighted by atomic mass is 10.2. The van der Waals surface area contributed by atoms with Gasteiger partial charge in [-0.15, -0.1) is 10.2 Å². The summed E-state index contributed by atoms with van der Waals surface area (Å²) >= 11 is 0. The van der Waals surface area contributed by atoms with Crippen LogP contribution >= 0.6 is 0 Å². The van der Waals surface area contributed by atoms with Crippen molar-refractivity contribution < 1.29 is 14.3 Å². The molecule has 0 radical (unpaired) electrons. The number of anilines is 3. The number of hydrogen-bond donors (Lipinski definition) is 2. The van der Waals surface area contributed by atoms with Crippen LogP contribution in [0, 0.1) is 13.8 Å². The average molecular weight is 444 g/mol. The van der Waals surface area contributed by atoms with Crippen molar-refractivity contribution in [3.05, 3.63) is 78.1 Å². The van der Waals surface area contributed by atoms with Crippen molar-refractivity contribution in [3.63, 3.8) is 0 Å². The van der Waals surface area contributed by atoms with Crippen molar-refractivity contribution >= 4 is 23.1 Å². The first-order valence-corrected chi connectivity index (χ1v) is 10.3. The van der Waals surface area contributed by atoms with Gasteiger partial charge in [0, 0.05) is 17.1 Å². The smallest absolute Gasteiger partial charge is 0.262 e. The minimum Gasteiger partial charge on any atom is -0.497 e. The Kier molecular flexibility index (Phi) is 6.49. The van der Waals surface area contributed by atoms with Gasteiger partial charge in [0.25, 0.3) is 5.91 Å². The highest BCUT2D eigenvalue weighted by atomic mass is 16.5. The second-order valence-corrected chi connectivity index (χ2v) is 7.33. The molecule has 0 aliphatic rings. The maximum absolute atomic E-state index is 12.2. The molecule has 0 unspecified atom stereocenters. The van der Waals surface area contributed by atoms with E-state index in [-0.39, 0.29) is 12.5 Å². The van der Waals surface area contributed by atoms with Gasteiger partial charge in [-0.3, -0.25) is 4.79 Å². The van der Waals surface area contributed by atoms with Crippen molar-refractivity contribution in [3.8, 4) is 17.3 Å². The highest BCUT2D eigenvalue weighted by Gasteiger charge is 2.07. The maximum Gasteiger partial charge on any atom is 0.262 e. The molecule has 0 aliphatic carbocycles. The first kappa shape index (κ1) is 21.8. The zero-order chi connectivity index (χ0) is 23.2. The Morgan fingerprint density at radius 1 is 0.909 bits per heavy atom. The van der Waals surface area contributed by atoms with Crippen molar-refractivity contribution in [1.29, 1.82) is 0 Å². The van der Waals surface area contributed by atoms with E-state index in [4.69, 9.17) is 9.47 Å². The van der Waals surface area contributed by atoms with E-state index < -0.39 is 0 Å². The number of hydrogen-bond acceptors (Lipinski definition) is 7. The minimum atomic E-state index is -0.253. The van der Waals surface area contributed by atoms with E-state index in [0.717, 1.165) is 22.8 Å². The first-order valence-electron chi connectivity index (χ1n) is 10.3. The lowest BCUT2D eigenvalue weighted by Crippen LogP contribution is -2.20. The zero-order valence-corrected chi connectivity index (χ0v) is 18.6. The van der Waals surface area contributed by atoms with Crippen molar-refractivity contribution in [2.24, 2.45) is 0 Å². The van der Waals surface area contributed by atoms with E-state index in [2.05, 4.69) is 25.9 Å². The molecule has 0 bridgehead atoms. The summed E-state index contributed by atoms with van der Waals surface area (Å²) in [5.74, 6) is 2.32. The van der Waals surface area contributed by atoms with Crippen molar-refractivity contribution in [1.82, 2.24) is 20.0 Å². The molecule has 0 fully saturated rings. The number of amides is 1. The van der Waals surface area contributed by atoms with Gasteiger partial charge in [-0.1, -0.05) is 0 Å². The van der Waals surface area contributed by atoms with Gasteiger partial charge in [-0.2, -0.15) is 5.10 Å². The molecule has 9 heteroatoms. The van der Waals surface area contributed by atoms with E-state index in [1.54, 1.807) is 48.2 Å². The number of aromatic nitrogens is 4. The predicted octanol–water partition coefficient (Wildman–Crippen LogP) is 4.05. The van der Waals surface area contributed by atoms with Gasteiger partial charge in [-0.05, 0) is 80.6 Å². The summed E-state index contributed by atoms with van der Waals surface area (Å²) in [6.45, 7) is 3.82. The molecule has 9 nitrogen and oxygen atoms in total. The third kappa shape index (κ3) is 5.65. The van der Waals surface area contributed by atoms with Crippen LogP contribution < -0.4 is 20.1 Å². The van der Waals surface area contributed by atoms with Gasteiger partial charge in [0.2, 0.25) is 0 Å². The van der Waals surface area contributed by atoms with Crippen LogP contribution in [0.25, 0.3) is 5.82 Å². The Morgan fingerprint density at radius 3 is 2.21 bits per heavy atom. The molecule has 2 aromatic carbocycles. The number of carbonyl (C=O) groups is 1. The van der Waals surface area contributed by atoms with E-state index in [1.807, 2.05) is 44.2 Å². The fourth-order valence-electron chi connectivity index (χ4n) is 3.17. The molecule has 4 aromatic rings. The van der Waals surface area contributed by atoms with Crippen molar-refractivity contribution in [2.45, 2.75) is 13.8 Å². The Balaban J connectivity index is 1.29. The maximum atomic E-state index is 12.2. The second-order valence-electron chi connectivity index (χ2n) is 7.33. The lowest BCUT2D eigenvalue weighted by Gasteiger charge is -2.10. The summed E-state index contributed by atoms with van der Waals surface area (Å²) in [6, 6.07) is 20.0.